The van der Waals surface area contributed by atoms with Gasteiger partial charge in [-0.1, -0.05) is 6.07 Å². The van der Waals surface area contributed by atoms with Gasteiger partial charge in [-0.25, -0.2) is 9.37 Å². The van der Waals surface area contributed by atoms with Gasteiger partial charge in [-0.15, -0.1) is 11.3 Å². The highest BCUT2D eigenvalue weighted by Crippen LogP contribution is 2.40. The van der Waals surface area contributed by atoms with Gasteiger partial charge in [0.25, 0.3) is 5.91 Å². The Hall–Kier alpha value is -2.67. The van der Waals surface area contributed by atoms with Crippen molar-refractivity contribution in [3.8, 4) is 0 Å². The number of amides is 1. The Morgan fingerprint density at radius 1 is 1.18 bits per heavy atom. The molecule has 3 atom stereocenters. The second kappa shape index (κ2) is 7.97. The topological polar surface area (TPSA) is 71.2 Å². The van der Waals surface area contributed by atoms with Crippen molar-refractivity contribution in [2.24, 2.45) is 11.8 Å². The second-order valence-corrected chi connectivity index (χ2v) is 11.0. The quantitative estimate of drug-likeness (QED) is 0.581. The molecule has 0 spiro atoms. The van der Waals surface area contributed by atoms with Crippen LogP contribution in [0.1, 0.15) is 52.2 Å². The minimum absolute atomic E-state index is 0.0274. The van der Waals surface area contributed by atoms with Gasteiger partial charge in [0.1, 0.15) is 15.5 Å². The molecule has 7 heteroatoms. The molecule has 1 aromatic carbocycles. The zero-order chi connectivity index (χ0) is 22.7. The van der Waals surface area contributed by atoms with Gasteiger partial charge in [0.15, 0.2) is 0 Å². The van der Waals surface area contributed by atoms with Crippen LogP contribution in [-0.4, -0.2) is 30.0 Å². The van der Waals surface area contributed by atoms with Crippen LogP contribution in [0.2, 0.25) is 0 Å². The maximum Gasteiger partial charge on any atom is 0.263 e. The number of hydrogen-bond donors (Lipinski definition) is 2. The molecule has 3 aliphatic rings. The summed E-state index contributed by atoms with van der Waals surface area (Å²) in [6.07, 6.45) is 5.90. The SMILES string of the molecule is Cc1ccc2c(N)c(C(=O)N[C@@H]3CCc4c(ccc(N5CC6CCC(C6)C5)c4F)C3)sc2n1. The van der Waals surface area contributed by atoms with Crippen LogP contribution in [0.25, 0.3) is 10.2 Å². The summed E-state index contributed by atoms with van der Waals surface area (Å²) in [7, 11) is 0. The van der Waals surface area contributed by atoms with Crippen LogP contribution in [0.3, 0.4) is 0 Å². The highest BCUT2D eigenvalue weighted by molar-refractivity contribution is 7.21. The number of halogens is 1. The average molecular weight is 465 g/mol. The van der Waals surface area contributed by atoms with E-state index < -0.39 is 0 Å². The number of nitrogens with one attached hydrogen (secondary N) is 1. The monoisotopic (exact) mass is 464 g/mol. The predicted octanol–water partition coefficient (Wildman–Crippen LogP) is 4.85. The van der Waals surface area contributed by atoms with E-state index in [0.29, 0.717) is 23.4 Å². The number of nitrogen functional groups attached to an aromatic ring is 1. The Kier molecular flexibility index (Phi) is 5.05. The number of fused-ring (bicyclic) bond motifs is 4. The Labute approximate surface area is 197 Å². The van der Waals surface area contributed by atoms with Gasteiger partial charge in [0.05, 0.1) is 11.4 Å². The first-order chi connectivity index (χ1) is 16.0. The summed E-state index contributed by atoms with van der Waals surface area (Å²) < 4.78 is 15.5. The van der Waals surface area contributed by atoms with Gasteiger partial charge in [-0.05, 0) is 86.6 Å². The number of aromatic nitrogens is 1. The van der Waals surface area contributed by atoms with E-state index in [-0.39, 0.29) is 17.8 Å². The molecule has 3 N–H and O–H groups in total. The number of nitrogens with zero attached hydrogens (tertiary/aromatic N) is 2. The summed E-state index contributed by atoms with van der Waals surface area (Å²) in [4.78, 5) is 21.1. The van der Waals surface area contributed by atoms with Crippen LogP contribution in [0, 0.1) is 24.6 Å². The predicted molar refractivity (Wildman–Crippen MR) is 131 cm³/mol. The average Bonchev–Trinajstić information content (AvgIpc) is 3.31. The number of piperidine rings is 1. The van der Waals surface area contributed by atoms with E-state index >= 15 is 4.39 Å². The third-order valence-corrected chi connectivity index (χ3v) is 8.87. The number of anilines is 2. The highest BCUT2D eigenvalue weighted by atomic mass is 32.1. The number of pyridine rings is 1. The van der Waals surface area contributed by atoms with E-state index in [1.54, 1.807) is 0 Å². The van der Waals surface area contributed by atoms with E-state index in [1.807, 2.05) is 25.1 Å². The molecule has 3 aromatic rings. The molecule has 172 valence electrons. The summed E-state index contributed by atoms with van der Waals surface area (Å²) in [5, 5.41) is 3.97. The lowest BCUT2D eigenvalue weighted by Gasteiger charge is -2.35. The molecule has 2 unspecified atom stereocenters. The maximum atomic E-state index is 15.5. The Balaban J connectivity index is 1.18. The number of hydrogen-bond acceptors (Lipinski definition) is 5. The lowest BCUT2D eigenvalue weighted by molar-refractivity contribution is 0.0938. The molecule has 1 saturated heterocycles. The summed E-state index contributed by atoms with van der Waals surface area (Å²) >= 11 is 1.33. The van der Waals surface area contributed by atoms with Crippen molar-refractivity contribution in [2.45, 2.75) is 51.5 Å². The summed E-state index contributed by atoms with van der Waals surface area (Å²) in [6.45, 7) is 3.89. The van der Waals surface area contributed by atoms with Gasteiger partial charge >= 0.3 is 0 Å². The number of carbonyl (C=O) groups is 1. The van der Waals surface area contributed by atoms with Crippen molar-refractivity contribution in [1.82, 2.24) is 10.3 Å². The number of rotatable bonds is 3. The third kappa shape index (κ3) is 3.66. The van der Waals surface area contributed by atoms with Gasteiger partial charge in [-0.2, -0.15) is 0 Å². The second-order valence-electron chi connectivity index (χ2n) is 10.0. The fourth-order valence-corrected chi connectivity index (χ4v) is 7.12. The first kappa shape index (κ1) is 20.9. The molecule has 5 nitrogen and oxygen atoms in total. The number of aryl methyl sites for hydroxylation is 1. The first-order valence-corrected chi connectivity index (χ1v) is 12.8. The number of benzene rings is 1. The van der Waals surface area contributed by atoms with Crippen molar-refractivity contribution in [1.29, 1.82) is 0 Å². The standard InChI is InChI=1S/C26H29FN4OS/c1-14-2-7-20-23(28)24(33-26(20)29-14)25(32)30-18-6-8-19-17(11-18)5-9-21(22(19)27)31-12-15-3-4-16(10-15)13-31/h2,5,7,9,15-16,18H,3-4,6,8,10-13,28H2,1H3,(H,30,32)/t15?,16?,18-/m1/s1. The Morgan fingerprint density at radius 2 is 1.97 bits per heavy atom. The lowest BCUT2D eigenvalue weighted by Crippen LogP contribution is -2.40. The van der Waals surface area contributed by atoms with Crippen molar-refractivity contribution in [2.75, 3.05) is 23.7 Å². The van der Waals surface area contributed by atoms with Crippen molar-refractivity contribution in [3.05, 3.63) is 51.8 Å². The highest BCUT2D eigenvalue weighted by Gasteiger charge is 2.35. The van der Waals surface area contributed by atoms with Crippen molar-refractivity contribution in [3.63, 3.8) is 0 Å². The molecule has 0 radical (unpaired) electrons. The van der Waals surface area contributed by atoms with Crippen LogP contribution >= 0.6 is 11.3 Å². The minimum atomic E-state index is -0.164. The van der Waals surface area contributed by atoms with Gasteiger partial charge in [0, 0.05) is 30.2 Å². The fraction of sp³-hybridized carbons (Fsp3) is 0.462. The smallest absolute Gasteiger partial charge is 0.263 e. The Morgan fingerprint density at radius 3 is 2.76 bits per heavy atom. The molecule has 33 heavy (non-hydrogen) atoms. The van der Waals surface area contributed by atoms with E-state index in [2.05, 4.69) is 21.3 Å². The minimum Gasteiger partial charge on any atom is -0.397 e. The molecule has 2 aliphatic carbocycles. The zero-order valence-corrected chi connectivity index (χ0v) is 19.7. The molecule has 1 aliphatic heterocycles. The third-order valence-electron chi connectivity index (χ3n) is 7.75. The summed E-state index contributed by atoms with van der Waals surface area (Å²) in [6, 6.07) is 7.83. The normalized spacial score (nSPS) is 24.2. The molecular weight excluding hydrogens is 435 g/mol. The molecular formula is C26H29FN4OS. The molecule has 2 fully saturated rings. The fourth-order valence-electron chi connectivity index (χ4n) is 6.08. The molecule has 1 amide bonds. The first-order valence-electron chi connectivity index (χ1n) is 12.0. The zero-order valence-electron chi connectivity index (χ0n) is 18.9. The van der Waals surface area contributed by atoms with Crippen LogP contribution < -0.4 is 16.0 Å². The Bertz CT molecular complexity index is 1240. The number of nitrogens with two attached hydrogens (primary N) is 1. The molecule has 3 heterocycles. The van der Waals surface area contributed by atoms with Gasteiger partial charge in [0.2, 0.25) is 0 Å². The summed E-state index contributed by atoms with van der Waals surface area (Å²) in [5.74, 6) is 1.23. The van der Waals surface area contributed by atoms with E-state index in [9.17, 15) is 4.79 Å². The van der Waals surface area contributed by atoms with Gasteiger partial charge in [-0.3, -0.25) is 4.79 Å². The molecule has 1 saturated carbocycles. The van der Waals surface area contributed by atoms with E-state index in [0.717, 1.165) is 64.1 Å². The van der Waals surface area contributed by atoms with Crippen LogP contribution in [0.4, 0.5) is 15.8 Å². The van der Waals surface area contributed by atoms with Crippen molar-refractivity contribution < 1.29 is 9.18 Å². The molecule has 6 rings (SSSR count). The van der Waals surface area contributed by atoms with Crippen LogP contribution in [0.15, 0.2) is 24.3 Å². The maximum absolute atomic E-state index is 15.5. The number of thiophene rings is 1. The van der Waals surface area contributed by atoms with Crippen LogP contribution in [-0.2, 0) is 12.8 Å². The summed E-state index contributed by atoms with van der Waals surface area (Å²) in [5.41, 5.74) is 10.3. The lowest BCUT2D eigenvalue weighted by atomic mass is 9.87. The van der Waals surface area contributed by atoms with Crippen LogP contribution in [0.5, 0.6) is 0 Å². The van der Waals surface area contributed by atoms with Crippen molar-refractivity contribution >= 4 is 38.8 Å². The van der Waals surface area contributed by atoms with E-state index in [4.69, 9.17) is 5.73 Å². The molecule has 2 bridgehead atoms. The number of carbonyl (C=O) groups excluding carboxylic acids is 1. The van der Waals surface area contributed by atoms with Gasteiger partial charge < -0.3 is 16.0 Å². The molecule has 2 aromatic heterocycles. The largest absolute Gasteiger partial charge is 0.397 e. The van der Waals surface area contributed by atoms with E-state index in [1.165, 1.54) is 30.6 Å².